The summed E-state index contributed by atoms with van der Waals surface area (Å²) in [5, 5.41) is 7.68. The average molecular weight is 274 g/mol. The Bertz CT molecular complexity index is 673. The van der Waals surface area contributed by atoms with Crippen molar-refractivity contribution < 1.29 is 19.1 Å². The minimum atomic E-state index is -0.553. The number of methoxy groups -OCH3 is 2. The first-order chi connectivity index (χ1) is 9.63. The van der Waals surface area contributed by atoms with Crippen molar-refractivity contribution in [2.45, 2.75) is 6.42 Å². The van der Waals surface area contributed by atoms with Gasteiger partial charge in [0.05, 0.1) is 32.4 Å². The summed E-state index contributed by atoms with van der Waals surface area (Å²) in [6, 6.07) is 5.53. The van der Waals surface area contributed by atoms with Crippen LogP contribution in [0.3, 0.4) is 0 Å². The van der Waals surface area contributed by atoms with Crippen LogP contribution in [-0.4, -0.2) is 36.4 Å². The average Bonchev–Trinajstić information content (AvgIpc) is 2.93. The molecule has 0 aliphatic rings. The van der Waals surface area contributed by atoms with Gasteiger partial charge in [0.2, 0.25) is 0 Å². The van der Waals surface area contributed by atoms with E-state index < -0.39 is 11.9 Å². The summed E-state index contributed by atoms with van der Waals surface area (Å²) in [6.45, 7) is 0. The molecule has 0 amide bonds. The highest BCUT2D eigenvalue weighted by molar-refractivity contribution is 5.98. The zero-order valence-electron chi connectivity index (χ0n) is 11.2. The molecule has 0 radical (unpaired) electrons. The van der Waals surface area contributed by atoms with Gasteiger partial charge in [-0.3, -0.25) is 9.89 Å². The molecule has 0 spiro atoms. The monoisotopic (exact) mass is 274 g/mol. The van der Waals surface area contributed by atoms with E-state index in [4.69, 9.17) is 0 Å². The fourth-order valence-electron chi connectivity index (χ4n) is 1.79. The summed E-state index contributed by atoms with van der Waals surface area (Å²) in [6.07, 6.45) is 3.16. The maximum absolute atomic E-state index is 11.7. The standard InChI is InChI=1S/C14H14N2O4/c1-19-13(17)7-10(14(18)20-2)5-9-3-4-12-11(6-9)8-15-16-12/h3-6,8H,7H2,1-2H3,(H,15,16)/b10-5-. The van der Waals surface area contributed by atoms with Gasteiger partial charge in [0.25, 0.3) is 0 Å². The van der Waals surface area contributed by atoms with Crippen molar-refractivity contribution in [3.63, 3.8) is 0 Å². The maximum Gasteiger partial charge on any atom is 0.334 e. The normalized spacial score (nSPS) is 11.4. The lowest BCUT2D eigenvalue weighted by Crippen LogP contribution is -2.10. The highest BCUT2D eigenvalue weighted by atomic mass is 16.5. The predicted molar refractivity (Wildman–Crippen MR) is 72.7 cm³/mol. The summed E-state index contributed by atoms with van der Waals surface area (Å²) in [5.74, 6) is -1.05. The molecule has 1 aromatic heterocycles. The molecule has 0 saturated heterocycles. The van der Waals surface area contributed by atoms with Gasteiger partial charge in [0, 0.05) is 11.0 Å². The molecule has 0 unspecified atom stereocenters. The van der Waals surface area contributed by atoms with Crippen molar-refractivity contribution in [1.82, 2.24) is 10.2 Å². The molecule has 0 fully saturated rings. The number of H-pyrrole nitrogens is 1. The van der Waals surface area contributed by atoms with Crippen LogP contribution in [-0.2, 0) is 19.1 Å². The number of carbonyl (C=O) groups excluding carboxylic acids is 2. The Hall–Kier alpha value is -2.63. The number of rotatable bonds is 4. The second kappa shape index (κ2) is 6.01. The number of nitrogens with one attached hydrogen (secondary N) is 1. The van der Waals surface area contributed by atoms with E-state index in [0.717, 1.165) is 16.5 Å². The Labute approximate surface area is 115 Å². The number of esters is 2. The van der Waals surface area contributed by atoms with E-state index in [9.17, 15) is 9.59 Å². The molecule has 2 rings (SSSR count). The van der Waals surface area contributed by atoms with Crippen molar-refractivity contribution >= 4 is 28.9 Å². The van der Waals surface area contributed by atoms with Crippen LogP contribution in [0.1, 0.15) is 12.0 Å². The van der Waals surface area contributed by atoms with E-state index in [1.54, 1.807) is 12.3 Å². The molecule has 6 heteroatoms. The molecule has 2 aromatic rings. The lowest BCUT2D eigenvalue weighted by atomic mass is 10.1. The number of aromatic amines is 1. The second-order valence-electron chi connectivity index (χ2n) is 4.13. The van der Waals surface area contributed by atoms with Crippen LogP contribution in [0.2, 0.25) is 0 Å². The molecule has 1 heterocycles. The Balaban J connectivity index is 2.34. The Kier molecular flexibility index (Phi) is 4.14. The quantitative estimate of drug-likeness (QED) is 0.677. The Morgan fingerprint density at radius 2 is 2.10 bits per heavy atom. The predicted octanol–water partition coefficient (Wildman–Crippen LogP) is 1.68. The molecule has 0 aliphatic heterocycles. The summed E-state index contributed by atoms with van der Waals surface area (Å²) in [7, 11) is 2.54. The summed E-state index contributed by atoms with van der Waals surface area (Å²) < 4.78 is 9.24. The largest absolute Gasteiger partial charge is 0.469 e. The molecule has 1 aromatic carbocycles. The van der Waals surface area contributed by atoms with Gasteiger partial charge in [-0.15, -0.1) is 0 Å². The molecule has 1 N–H and O–H groups in total. The third-order valence-corrected chi connectivity index (χ3v) is 2.82. The Morgan fingerprint density at radius 3 is 2.80 bits per heavy atom. The highest BCUT2D eigenvalue weighted by Gasteiger charge is 2.15. The molecule has 0 saturated carbocycles. The number of aromatic nitrogens is 2. The lowest BCUT2D eigenvalue weighted by Gasteiger charge is -2.04. The molecule has 0 aliphatic carbocycles. The fourth-order valence-corrected chi connectivity index (χ4v) is 1.79. The lowest BCUT2D eigenvalue weighted by molar-refractivity contribution is -0.143. The van der Waals surface area contributed by atoms with Gasteiger partial charge in [0.15, 0.2) is 0 Å². The number of fused-ring (bicyclic) bond motifs is 1. The van der Waals surface area contributed by atoms with Gasteiger partial charge in [-0.2, -0.15) is 5.10 Å². The number of nitrogens with zero attached hydrogens (tertiary/aromatic N) is 1. The highest BCUT2D eigenvalue weighted by Crippen LogP contribution is 2.17. The minimum absolute atomic E-state index is 0.132. The molecule has 20 heavy (non-hydrogen) atoms. The minimum Gasteiger partial charge on any atom is -0.469 e. The third kappa shape index (κ3) is 3.03. The van der Waals surface area contributed by atoms with Crippen LogP contribution in [0, 0.1) is 0 Å². The van der Waals surface area contributed by atoms with E-state index in [-0.39, 0.29) is 12.0 Å². The molecule has 104 valence electrons. The van der Waals surface area contributed by atoms with Gasteiger partial charge >= 0.3 is 11.9 Å². The Morgan fingerprint density at radius 1 is 1.30 bits per heavy atom. The van der Waals surface area contributed by atoms with E-state index in [0.29, 0.717) is 0 Å². The van der Waals surface area contributed by atoms with Crippen LogP contribution in [0.15, 0.2) is 30.0 Å². The van der Waals surface area contributed by atoms with E-state index in [1.807, 2.05) is 18.2 Å². The first-order valence-electron chi connectivity index (χ1n) is 5.93. The van der Waals surface area contributed by atoms with E-state index in [1.165, 1.54) is 14.2 Å². The smallest absolute Gasteiger partial charge is 0.334 e. The number of benzene rings is 1. The van der Waals surface area contributed by atoms with Crippen LogP contribution in [0.25, 0.3) is 17.0 Å². The van der Waals surface area contributed by atoms with Gasteiger partial charge in [-0.1, -0.05) is 6.07 Å². The zero-order valence-corrected chi connectivity index (χ0v) is 11.2. The van der Waals surface area contributed by atoms with E-state index in [2.05, 4.69) is 19.7 Å². The van der Waals surface area contributed by atoms with Crippen LogP contribution in [0.5, 0.6) is 0 Å². The molecule has 0 atom stereocenters. The van der Waals surface area contributed by atoms with E-state index >= 15 is 0 Å². The zero-order chi connectivity index (χ0) is 14.5. The van der Waals surface area contributed by atoms with Crippen LogP contribution >= 0.6 is 0 Å². The summed E-state index contributed by atoms with van der Waals surface area (Å²) in [4.78, 5) is 23.0. The summed E-state index contributed by atoms with van der Waals surface area (Å²) >= 11 is 0. The van der Waals surface area contributed by atoms with Crippen molar-refractivity contribution in [3.8, 4) is 0 Å². The van der Waals surface area contributed by atoms with Crippen LogP contribution in [0.4, 0.5) is 0 Å². The fraction of sp³-hybridized carbons (Fsp3) is 0.214. The number of hydrogen-bond donors (Lipinski definition) is 1. The SMILES string of the molecule is COC(=O)C/C(=C/c1ccc2[nH]ncc2c1)C(=O)OC. The van der Waals surface area contributed by atoms with Crippen LogP contribution < -0.4 is 0 Å². The first-order valence-corrected chi connectivity index (χ1v) is 5.93. The molecule has 6 nitrogen and oxygen atoms in total. The van der Waals surface area contributed by atoms with Crippen molar-refractivity contribution in [2.75, 3.05) is 14.2 Å². The molecular weight excluding hydrogens is 260 g/mol. The van der Waals surface area contributed by atoms with Gasteiger partial charge in [0.1, 0.15) is 0 Å². The van der Waals surface area contributed by atoms with Gasteiger partial charge in [-0.25, -0.2) is 4.79 Å². The number of carbonyl (C=O) groups is 2. The first kappa shape index (κ1) is 13.8. The third-order valence-electron chi connectivity index (χ3n) is 2.82. The topological polar surface area (TPSA) is 81.3 Å². The van der Waals surface area contributed by atoms with Gasteiger partial charge < -0.3 is 9.47 Å². The molecule has 0 bridgehead atoms. The maximum atomic E-state index is 11.7. The van der Waals surface area contributed by atoms with Gasteiger partial charge in [-0.05, 0) is 23.8 Å². The van der Waals surface area contributed by atoms with Crippen molar-refractivity contribution in [1.29, 1.82) is 0 Å². The summed E-state index contributed by atoms with van der Waals surface area (Å²) in [5.41, 5.74) is 1.92. The van der Waals surface area contributed by atoms with Crippen molar-refractivity contribution in [3.05, 3.63) is 35.5 Å². The molecular formula is C14H14N2O4. The van der Waals surface area contributed by atoms with Crippen molar-refractivity contribution in [2.24, 2.45) is 0 Å². The number of hydrogen-bond acceptors (Lipinski definition) is 5. The second-order valence-corrected chi connectivity index (χ2v) is 4.13. The number of ether oxygens (including phenoxy) is 2.